The summed E-state index contributed by atoms with van der Waals surface area (Å²) in [4.78, 5) is 11.4. The third-order valence-electron chi connectivity index (χ3n) is 2.06. The minimum atomic E-state index is -0.584. The molecule has 3 nitrogen and oxygen atoms in total. The molecule has 0 N–H and O–H groups in total. The van der Waals surface area contributed by atoms with E-state index in [4.69, 9.17) is 10.00 Å². The van der Waals surface area contributed by atoms with Gasteiger partial charge in [-0.05, 0) is 24.1 Å². The number of carbonyl (C=O) groups is 1. The molecule has 0 amide bonds. The molecule has 0 aliphatic carbocycles. The lowest BCUT2D eigenvalue weighted by atomic mass is 10.1. The third kappa shape index (κ3) is 4.04. The van der Waals surface area contributed by atoms with E-state index in [0.717, 1.165) is 16.5 Å². The maximum absolute atomic E-state index is 11.4. The van der Waals surface area contributed by atoms with Crippen LogP contribution in [0.3, 0.4) is 0 Å². The van der Waals surface area contributed by atoms with E-state index in [-0.39, 0.29) is 12.2 Å². The van der Waals surface area contributed by atoms with Gasteiger partial charge >= 0.3 is 5.97 Å². The van der Waals surface area contributed by atoms with Crippen LogP contribution in [0.15, 0.2) is 29.8 Å². The Morgan fingerprint density at radius 1 is 1.47 bits per heavy atom. The summed E-state index contributed by atoms with van der Waals surface area (Å²) >= 11 is 3.35. The van der Waals surface area contributed by atoms with Gasteiger partial charge in [-0.3, -0.25) is 0 Å². The Kier molecular flexibility index (Phi) is 5.44. The number of alkyl halides is 1. The highest BCUT2D eigenvalue weighted by molar-refractivity contribution is 9.08. The number of hydrogen-bond acceptors (Lipinski definition) is 3. The standard InChI is InChI=1S/C13H12BrNO2/c1-2-17-13(16)12(9-15)7-10-3-5-11(8-14)6-4-10/h3-7H,2,8H2,1H3/b12-7-. The van der Waals surface area contributed by atoms with Gasteiger partial charge in [0.1, 0.15) is 11.6 Å². The van der Waals surface area contributed by atoms with E-state index in [1.807, 2.05) is 30.3 Å². The normalized spacial score (nSPS) is 10.8. The van der Waals surface area contributed by atoms with Crippen molar-refractivity contribution in [3.8, 4) is 6.07 Å². The molecule has 0 bridgehead atoms. The van der Waals surface area contributed by atoms with Gasteiger partial charge in [-0.25, -0.2) is 4.79 Å². The quantitative estimate of drug-likeness (QED) is 0.371. The van der Waals surface area contributed by atoms with Crippen LogP contribution in [-0.2, 0) is 14.9 Å². The molecule has 1 aromatic carbocycles. The Balaban J connectivity index is 2.91. The Bertz CT molecular complexity index is 457. The summed E-state index contributed by atoms with van der Waals surface area (Å²) in [6, 6.07) is 9.41. The first kappa shape index (κ1) is 13.5. The first-order valence-corrected chi connectivity index (χ1v) is 6.27. The van der Waals surface area contributed by atoms with Crippen molar-refractivity contribution < 1.29 is 9.53 Å². The summed E-state index contributed by atoms with van der Waals surface area (Å²) in [5.41, 5.74) is 1.95. The molecule has 4 heteroatoms. The summed E-state index contributed by atoms with van der Waals surface area (Å²) in [5.74, 6) is -0.584. The second-order valence-electron chi connectivity index (χ2n) is 3.27. The first-order valence-electron chi connectivity index (χ1n) is 5.15. The number of benzene rings is 1. The SMILES string of the molecule is CCOC(=O)/C(C#N)=C\c1ccc(CBr)cc1. The van der Waals surface area contributed by atoms with Crippen molar-refractivity contribution in [1.29, 1.82) is 5.26 Å². The van der Waals surface area contributed by atoms with Crippen LogP contribution >= 0.6 is 15.9 Å². The van der Waals surface area contributed by atoms with E-state index in [9.17, 15) is 4.79 Å². The molecule has 1 rings (SSSR count). The average molecular weight is 294 g/mol. The average Bonchev–Trinajstić information content (AvgIpc) is 2.37. The summed E-state index contributed by atoms with van der Waals surface area (Å²) in [6.45, 7) is 1.97. The molecule has 0 aliphatic rings. The van der Waals surface area contributed by atoms with Crippen molar-refractivity contribution in [2.75, 3.05) is 6.61 Å². The predicted molar refractivity (Wildman–Crippen MR) is 69.3 cm³/mol. The highest BCUT2D eigenvalue weighted by Crippen LogP contribution is 2.11. The van der Waals surface area contributed by atoms with Crippen LogP contribution in [-0.4, -0.2) is 12.6 Å². The van der Waals surface area contributed by atoms with Crippen LogP contribution in [0.25, 0.3) is 6.08 Å². The molecule has 0 saturated carbocycles. The number of halogens is 1. The zero-order chi connectivity index (χ0) is 12.7. The van der Waals surface area contributed by atoms with Crippen molar-refractivity contribution >= 4 is 28.0 Å². The van der Waals surface area contributed by atoms with Gasteiger partial charge in [-0.1, -0.05) is 40.2 Å². The van der Waals surface area contributed by atoms with E-state index in [0.29, 0.717) is 0 Å². The fraction of sp³-hybridized carbons (Fsp3) is 0.231. The molecule has 1 aromatic rings. The second kappa shape index (κ2) is 6.87. The molecular weight excluding hydrogens is 282 g/mol. The Labute approximate surface area is 109 Å². The monoisotopic (exact) mass is 293 g/mol. The molecule has 0 atom stereocenters. The van der Waals surface area contributed by atoms with Crippen LogP contribution in [0.1, 0.15) is 18.1 Å². The van der Waals surface area contributed by atoms with Crippen molar-refractivity contribution in [2.45, 2.75) is 12.3 Å². The minimum Gasteiger partial charge on any atom is -0.462 e. The molecule has 0 aromatic heterocycles. The summed E-state index contributed by atoms with van der Waals surface area (Å²) < 4.78 is 4.77. The highest BCUT2D eigenvalue weighted by atomic mass is 79.9. The summed E-state index contributed by atoms with van der Waals surface area (Å²) in [7, 11) is 0. The van der Waals surface area contributed by atoms with Crippen LogP contribution < -0.4 is 0 Å². The molecule has 0 spiro atoms. The van der Waals surface area contributed by atoms with E-state index < -0.39 is 5.97 Å². The second-order valence-corrected chi connectivity index (χ2v) is 3.83. The van der Waals surface area contributed by atoms with Crippen molar-refractivity contribution in [3.63, 3.8) is 0 Å². The predicted octanol–water partition coefficient (Wildman–Crippen LogP) is 3.05. The molecule has 0 unspecified atom stereocenters. The smallest absolute Gasteiger partial charge is 0.348 e. The molecule has 0 heterocycles. The van der Waals surface area contributed by atoms with E-state index in [1.165, 1.54) is 6.08 Å². The molecule has 88 valence electrons. The van der Waals surface area contributed by atoms with Crippen LogP contribution in [0.4, 0.5) is 0 Å². The van der Waals surface area contributed by atoms with Crippen LogP contribution in [0.2, 0.25) is 0 Å². The third-order valence-corrected chi connectivity index (χ3v) is 2.71. The zero-order valence-electron chi connectivity index (χ0n) is 9.44. The largest absolute Gasteiger partial charge is 0.462 e. The van der Waals surface area contributed by atoms with Crippen LogP contribution in [0, 0.1) is 11.3 Å². The van der Waals surface area contributed by atoms with E-state index in [1.54, 1.807) is 6.92 Å². The highest BCUT2D eigenvalue weighted by Gasteiger charge is 2.09. The van der Waals surface area contributed by atoms with Gasteiger partial charge in [0, 0.05) is 5.33 Å². The number of hydrogen-bond donors (Lipinski definition) is 0. The lowest BCUT2D eigenvalue weighted by Crippen LogP contribution is -2.05. The zero-order valence-corrected chi connectivity index (χ0v) is 11.0. The van der Waals surface area contributed by atoms with E-state index >= 15 is 0 Å². The summed E-state index contributed by atoms with van der Waals surface area (Å²) in [6.07, 6.45) is 1.52. The topological polar surface area (TPSA) is 50.1 Å². The fourth-order valence-electron chi connectivity index (χ4n) is 1.22. The minimum absolute atomic E-state index is 0.0124. The number of carbonyl (C=O) groups excluding carboxylic acids is 1. The van der Waals surface area contributed by atoms with Gasteiger partial charge in [0.25, 0.3) is 0 Å². The van der Waals surface area contributed by atoms with Gasteiger partial charge < -0.3 is 4.74 Å². The molecule has 0 aliphatic heterocycles. The molecule has 0 radical (unpaired) electrons. The first-order chi connectivity index (χ1) is 8.21. The number of nitrogens with zero attached hydrogens (tertiary/aromatic N) is 1. The van der Waals surface area contributed by atoms with Gasteiger partial charge in [0.15, 0.2) is 0 Å². The van der Waals surface area contributed by atoms with Crippen molar-refractivity contribution in [3.05, 3.63) is 41.0 Å². The molecule has 0 saturated heterocycles. The Hall–Kier alpha value is -1.60. The maximum atomic E-state index is 11.4. The lowest BCUT2D eigenvalue weighted by molar-refractivity contribution is -0.137. The number of esters is 1. The van der Waals surface area contributed by atoms with Crippen molar-refractivity contribution in [2.24, 2.45) is 0 Å². The van der Waals surface area contributed by atoms with Gasteiger partial charge in [0.05, 0.1) is 6.61 Å². The maximum Gasteiger partial charge on any atom is 0.348 e. The molecule has 17 heavy (non-hydrogen) atoms. The molecular formula is C13H12BrNO2. The number of ether oxygens (including phenoxy) is 1. The molecule has 0 fully saturated rings. The van der Waals surface area contributed by atoms with Gasteiger partial charge in [-0.2, -0.15) is 5.26 Å². The number of nitriles is 1. The lowest BCUT2D eigenvalue weighted by Gasteiger charge is -2.00. The fourth-order valence-corrected chi connectivity index (χ4v) is 1.59. The van der Waals surface area contributed by atoms with E-state index in [2.05, 4.69) is 15.9 Å². The van der Waals surface area contributed by atoms with Crippen molar-refractivity contribution in [1.82, 2.24) is 0 Å². The number of rotatable bonds is 4. The van der Waals surface area contributed by atoms with Gasteiger partial charge in [0.2, 0.25) is 0 Å². The Morgan fingerprint density at radius 2 is 2.12 bits per heavy atom. The summed E-state index contributed by atoms with van der Waals surface area (Å²) in [5, 5.41) is 9.64. The van der Waals surface area contributed by atoms with Crippen LogP contribution in [0.5, 0.6) is 0 Å². The van der Waals surface area contributed by atoms with Gasteiger partial charge in [-0.15, -0.1) is 0 Å². The Morgan fingerprint density at radius 3 is 2.59 bits per heavy atom.